The van der Waals surface area contributed by atoms with Crippen molar-refractivity contribution in [3.8, 4) is 0 Å². The van der Waals surface area contributed by atoms with Crippen LogP contribution in [0.4, 0.5) is 10.1 Å². The van der Waals surface area contributed by atoms with Crippen LogP contribution in [0, 0.1) is 5.82 Å². The molecular formula is C17H20FN5O2S. The number of tetrazole rings is 1. The average Bonchev–Trinajstić information content (AvgIpc) is 3.31. The number of hydrogen-bond donors (Lipinski definition) is 0. The van der Waals surface area contributed by atoms with Crippen LogP contribution >= 0.6 is 11.8 Å². The fraction of sp³-hybridized carbons (Fsp3) is 0.529. The molecule has 2 saturated heterocycles. The number of carbonyl (C=O) groups is 1. The molecule has 1 aromatic carbocycles. The predicted molar refractivity (Wildman–Crippen MR) is 94.4 cm³/mol. The minimum absolute atomic E-state index is 0.0991. The van der Waals surface area contributed by atoms with Crippen molar-refractivity contribution in [2.24, 2.45) is 0 Å². The van der Waals surface area contributed by atoms with E-state index >= 15 is 0 Å². The molecular weight excluding hydrogens is 357 g/mol. The summed E-state index contributed by atoms with van der Waals surface area (Å²) in [6.07, 6.45) is 3.70. The first kappa shape index (κ1) is 17.4. The van der Waals surface area contributed by atoms with E-state index in [0.717, 1.165) is 32.3 Å². The summed E-state index contributed by atoms with van der Waals surface area (Å²) in [5, 5.41) is 12.1. The van der Waals surface area contributed by atoms with Crippen molar-refractivity contribution < 1.29 is 13.9 Å². The predicted octanol–water partition coefficient (Wildman–Crippen LogP) is 2.28. The van der Waals surface area contributed by atoms with Crippen molar-refractivity contribution in [2.75, 3.05) is 18.1 Å². The van der Waals surface area contributed by atoms with E-state index in [4.69, 9.17) is 4.74 Å². The maximum atomic E-state index is 14.1. The van der Waals surface area contributed by atoms with Gasteiger partial charge in [0.2, 0.25) is 11.1 Å². The van der Waals surface area contributed by atoms with Gasteiger partial charge in [0.05, 0.1) is 23.6 Å². The number of para-hydroxylation sites is 1. The van der Waals surface area contributed by atoms with Crippen molar-refractivity contribution in [2.45, 2.75) is 48.7 Å². The third-order valence-electron chi connectivity index (χ3n) is 4.68. The van der Waals surface area contributed by atoms with Crippen LogP contribution in [0.1, 0.15) is 25.7 Å². The van der Waals surface area contributed by atoms with Gasteiger partial charge in [-0.1, -0.05) is 23.9 Å². The molecule has 1 amide bonds. The van der Waals surface area contributed by atoms with E-state index in [-0.39, 0.29) is 23.1 Å². The fourth-order valence-electron chi connectivity index (χ4n) is 3.37. The maximum Gasteiger partial charge on any atom is 0.240 e. The zero-order chi connectivity index (χ0) is 17.9. The molecule has 7 nitrogen and oxygen atoms in total. The van der Waals surface area contributed by atoms with Crippen LogP contribution in [-0.2, 0) is 16.1 Å². The van der Waals surface area contributed by atoms with Crippen LogP contribution in [0.15, 0.2) is 29.4 Å². The Morgan fingerprint density at radius 1 is 1.27 bits per heavy atom. The number of benzene rings is 1. The second kappa shape index (κ2) is 7.71. The van der Waals surface area contributed by atoms with Crippen LogP contribution < -0.4 is 4.90 Å². The van der Waals surface area contributed by atoms with Gasteiger partial charge in [-0.2, -0.15) is 0 Å². The minimum atomic E-state index is -0.380. The largest absolute Gasteiger partial charge is 0.376 e. The standard InChI is InChI=1S/C17H20FN5O2S/c18-13-6-1-2-7-14(13)22-9-3-8-15(16(22)24)26-17-19-20-21-23(17)11-12-5-4-10-25-12/h1-2,6-7,12,15H,3-5,8-11H2. The van der Waals surface area contributed by atoms with Gasteiger partial charge in [0, 0.05) is 13.2 Å². The molecule has 0 N–H and O–H groups in total. The molecule has 26 heavy (non-hydrogen) atoms. The quantitative estimate of drug-likeness (QED) is 0.796. The molecule has 9 heteroatoms. The van der Waals surface area contributed by atoms with Gasteiger partial charge in [-0.25, -0.2) is 9.07 Å². The van der Waals surface area contributed by atoms with Gasteiger partial charge < -0.3 is 9.64 Å². The summed E-state index contributed by atoms with van der Waals surface area (Å²) < 4.78 is 21.4. The number of halogens is 1. The Kier molecular flexibility index (Phi) is 5.16. The van der Waals surface area contributed by atoms with E-state index in [9.17, 15) is 9.18 Å². The van der Waals surface area contributed by atoms with Gasteiger partial charge in [0.1, 0.15) is 5.82 Å². The molecule has 4 rings (SSSR count). The minimum Gasteiger partial charge on any atom is -0.376 e. The summed E-state index contributed by atoms with van der Waals surface area (Å²) in [5.41, 5.74) is 0.335. The van der Waals surface area contributed by atoms with Crippen LogP contribution in [0.25, 0.3) is 0 Å². The Bertz CT molecular complexity index is 780. The first-order chi connectivity index (χ1) is 12.7. The number of piperidine rings is 1. The van der Waals surface area contributed by atoms with E-state index in [1.807, 2.05) is 0 Å². The molecule has 0 saturated carbocycles. The molecule has 0 bridgehead atoms. The Morgan fingerprint density at radius 3 is 2.96 bits per heavy atom. The third-order valence-corrected chi connectivity index (χ3v) is 5.91. The molecule has 0 aliphatic carbocycles. The van der Waals surface area contributed by atoms with Gasteiger partial charge in [-0.3, -0.25) is 4.79 Å². The second-order valence-corrected chi connectivity index (χ2v) is 7.64. The molecule has 2 aromatic rings. The lowest BCUT2D eigenvalue weighted by atomic mass is 10.1. The van der Waals surface area contributed by atoms with E-state index in [1.54, 1.807) is 22.9 Å². The second-order valence-electron chi connectivity index (χ2n) is 6.47. The van der Waals surface area contributed by atoms with Gasteiger partial charge in [-0.05, 0) is 48.2 Å². The van der Waals surface area contributed by atoms with E-state index < -0.39 is 0 Å². The Balaban J connectivity index is 1.47. The molecule has 0 radical (unpaired) electrons. The van der Waals surface area contributed by atoms with E-state index in [2.05, 4.69) is 15.5 Å². The smallest absolute Gasteiger partial charge is 0.240 e. The lowest BCUT2D eigenvalue weighted by molar-refractivity contribution is -0.119. The summed E-state index contributed by atoms with van der Waals surface area (Å²) in [6, 6.07) is 6.38. The highest BCUT2D eigenvalue weighted by Crippen LogP contribution is 2.32. The number of nitrogens with zero attached hydrogens (tertiary/aromatic N) is 5. The third kappa shape index (κ3) is 3.59. The first-order valence-corrected chi connectivity index (χ1v) is 9.70. The SMILES string of the molecule is O=C1C(Sc2nnnn2CC2CCCO2)CCCN1c1ccccc1F. The topological polar surface area (TPSA) is 73.1 Å². The van der Waals surface area contributed by atoms with Crippen LogP contribution in [0.3, 0.4) is 0 Å². The fourth-order valence-corrected chi connectivity index (χ4v) is 4.45. The first-order valence-electron chi connectivity index (χ1n) is 8.82. The number of thioether (sulfide) groups is 1. The van der Waals surface area contributed by atoms with E-state index in [0.29, 0.717) is 23.9 Å². The van der Waals surface area contributed by atoms with Gasteiger partial charge in [-0.15, -0.1) is 5.10 Å². The number of aromatic nitrogens is 4. The summed E-state index contributed by atoms with van der Waals surface area (Å²) in [5.74, 6) is -0.479. The lowest BCUT2D eigenvalue weighted by Gasteiger charge is -2.31. The van der Waals surface area contributed by atoms with Gasteiger partial charge in [0.15, 0.2) is 0 Å². The lowest BCUT2D eigenvalue weighted by Crippen LogP contribution is -2.43. The number of amides is 1. The molecule has 138 valence electrons. The summed E-state index contributed by atoms with van der Waals surface area (Å²) in [4.78, 5) is 14.4. The van der Waals surface area contributed by atoms with Crippen molar-refractivity contribution in [3.05, 3.63) is 30.1 Å². The molecule has 2 unspecified atom stereocenters. The molecule has 2 fully saturated rings. The van der Waals surface area contributed by atoms with Crippen LogP contribution in [-0.4, -0.2) is 50.6 Å². The summed E-state index contributed by atoms with van der Waals surface area (Å²) >= 11 is 1.35. The number of anilines is 1. The monoisotopic (exact) mass is 377 g/mol. The number of ether oxygens (including phenoxy) is 1. The van der Waals surface area contributed by atoms with Crippen molar-refractivity contribution >= 4 is 23.4 Å². The number of carbonyl (C=O) groups excluding carboxylic acids is 1. The van der Waals surface area contributed by atoms with Crippen LogP contribution in [0.5, 0.6) is 0 Å². The highest BCUT2D eigenvalue weighted by Gasteiger charge is 2.33. The molecule has 2 aliphatic rings. The molecule has 2 aliphatic heterocycles. The zero-order valence-corrected chi connectivity index (χ0v) is 15.1. The van der Waals surface area contributed by atoms with Gasteiger partial charge >= 0.3 is 0 Å². The van der Waals surface area contributed by atoms with Crippen LogP contribution in [0.2, 0.25) is 0 Å². The van der Waals surface area contributed by atoms with E-state index in [1.165, 1.54) is 22.7 Å². The van der Waals surface area contributed by atoms with Crippen molar-refractivity contribution in [1.82, 2.24) is 20.2 Å². The summed E-state index contributed by atoms with van der Waals surface area (Å²) in [7, 11) is 0. The Hall–Kier alpha value is -2.00. The highest BCUT2D eigenvalue weighted by atomic mass is 32.2. The van der Waals surface area contributed by atoms with Crippen molar-refractivity contribution in [3.63, 3.8) is 0 Å². The van der Waals surface area contributed by atoms with Gasteiger partial charge in [0.25, 0.3) is 0 Å². The molecule has 3 heterocycles. The average molecular weight is 377 g/mol. The zero-order valence-electron chi connectivity index (χ0n) is 14.3. The maximum absolute atomic E-state index is 14.1. The Labute approximate surface area is 154 Å². The molecule has 0 spiro atoms. The summed E-state index contributed by atoms with van der Waals surface area (Å²) in [6.45, 7) is 1.89. The highest BCUT2D eigenvalue weighted by molar-refractivity contribution is 8.00. The number of hydrogen-bond acceptors (Lipinski definition) is 6. The number of rotatable bonds is 5. The normalized spacial score (nSPS) is 23.6. The Morgan fingerprint density at radius 2 is 2.15 bits per heavy atom. The van der Waals surface area contributed by atoms with Crippen molar-refractivity contribution in [1.29, 1.82) is 0 Å². The molecule has 2 atom stereocenters. The molecule has 1 aromatic heterocycles.